The Kier molecular flexibility index (Phi) is 7.38. The first-order valence-electron chi connectivity index (χ1n) is 13.1. The number of aromatic nitrogens is 2. The van der Waals surface area contributed by atoms with E-state index >= 15 is 0 Å². The number of nitrogens with one attached hydrogen (secondary N) is 2. The van der Waals surface area contributed by atoms with Crippen molar-refractivity contribution in [2.75, 3.05) is 79.5 Å². The summed E-state index contributed by atoms with van der Waals surface area (Å²) in [6.45, 7) is 9.82. The van der Waals surface area contributed by atoms with Gasteiger partial charge in [0.15, 0.2) is 5.82 Å². The summed E-state index contributed by atoms with van der Waals surface area (Å²) >= 11 is 0. The molecule has 1 unspecified atom stereocenters. The topological polar surface area (TPSA) is 112 Å². The van der Waals surface area contributed by atoms with Gasteiger partial charge in [-0.25, -0.2) is 18.7 Å². The Bertz CT molecular complexity index is 1110. The van der Waals surface area contributed by atoms with Crippen molar-refractivity contribution in [3.8, 4) is 0 Å². The maximum atomic E-state index is 14.8. The van der Waals surface area contributed by atoms with Crippen LogP contribution in [-0.4, -0.2) is 92.6 Å². The van der Waals surface area contributed by atoms with Crippen LogP contribution in [0.15, 0.2) is 30.3 Å². The molecular weight excluding hydrogens is 494 g/mol. The van der Waals surface area contributed by atoms with Crippen LogP contribution in [-0.2, 0) is 15.2 Å². The Hall–Kier alpha value is -3.09. The SMILES string of the molecule is CC(C)(CN1CCN(c2cc(N3CCOCC3)nc(C3(C(F)F)Nc4ccccc4N3)n2)CC1)C(N)C=O. The predicted octanol–water partition coefficient (Wildman–Crippen LogP) is 1.94. The van der Waals surface area contributed by atoms with Crippen LogP contribution in [0.1, 0.15) is 19.7 Å². The summed E-state index contributed by atoms with van der Waals surface area (Å²) in [5, 5.41) is 5.95. The van der Waals surface area contributed by atoms with E-state index in [9.17, 15) is 13.6 Å². The van der Waals surface area contributed by atoms with Crippen LogP contribution in [0.5, 0.6) is 0 Å². The van der Waals surface area contributed by atoms with Gasteiger partial charge in [-0.3, -0.25) is 4.90 Å². The average Bonchev–Trinajstić information content (AvgIpc) is 3.34. The summed E-state index contributed by atoms with van der Waals surface area (Å²) in [5.41, 5.74) is 4.88. The number of benzene rings is 1. The van der Waals surface area contributed by atoms with Crippen LogP contribution in [0, 0.1) is 5.41 Å². The van der Waals surface area contributed by atoms with Gasteiger partial charge in [-0.2, -0.15) is 0 Å². The van der Waals surface area contributed by atoms with E-state index in [1.807, 2.05) is 19.9 Å². The lowest BCUT2D eigenvalue weighted by Crippen LogP contribution is -2.53. The number of hydrogen-bond donors (Lipinski definition) is 3. The number of nitrogens with two attached hydrogens (primary N) is 1. The standard InChI is InChI=1S/C26H36F2N8O2/c1-25(2,20(29)16-37)17-34-7-9-35(10-8-34)21-15-22(36-11-13-38-14-12-36)31-24(30-21)26(23(27)28)32-18-5-3-4-6-19(18)33-26/h3-6,15-16,20,23,32-33H,7-14,17,29H2,1-2H3. The van der Waals surface area contributed by atoms with Gasteiger partial charge in [0.05, 0.1) is 30.6 Å². The highest BCUT2D eigenvalue weighted by atomic mass is 19.3. The van der Waals surface area contributed by atoms with Crippen molar-refractivity contribution in [1.82, 2.24) is 14.9 Å². The summed E-state index contributed by atoms with van der Waals surface area (Å²) in [7, 11) is 0. The van der Waals surface area contributed by atoms with E-state index in [-0.39, 0.29) is 11.2 Å². The number of fused-ring (bicyclic) bond motifs is 1. The highest BCUT2D eigenvalue weighted by Crippen LogP contribution is 2.42. The van der Waals surface area contributed by atoms with Crippen LogP contribution < -0.4 is 26.2 Å². The Morgan fingerprint density at radius 2 is 1.58 bits per heavy atom. The number of morpholine rings is 1. The van der Waals surface area contributed by atoms with Crippen LogP contribution in [0.2, 0.25) is 0 Å². The largest absolute Gasteiger partial charge is 0.378 e. The molecule has 2 aromatic rings. The molecule has 5 rings (SSSR count). The molecule has 1 aromatic heterocycles. The number of aldehydes is 1. The zero-order chi connectivity index (χ0) is 26.9. The molecule has 0 radical (unpaired) electrons. The van der Waals surface area contributed by atoms with Crippen molar-refractivity contribution >= 4 is 29.3 Å². The van der Waals surface area contributed by atoms with Crippen LogP contribution in [0.25, 0.3) is 0 Å². The van der Waals surface area contributed by atoms with E-state index in [1.165, 1.54) is 0 Å². The molecule has 1 aromatic carbocycles. The highest BCUT2D eigenvalue weighted by Gasteiger charge is 2.50. The third kappa shape index (κ3) is 5.12. The zero-order valence-corrected chi connectivity index (χ0v) is 21.9. The summed E-state index contributed by atoms with van der Waals surface area (Å²) in [5.74, 6) is 1.22. The molecule has 2 fully saturated rings. The van der Waals surface area contributed by atoms with E-state index in [0.717, 1.165) is 19.4 Å². The first kappa shape index (κ1) is 26.5. The van der Waals surface area contributed by atoms with Crippen LogP contribution in [0.3, 0.4) is 0 Å². The van der Waals surface area contributed by atoms with Crippen molar-refractivity contribution in [3.63, 3.8) is 0 Å². The Labute approximate surface area is 221 Å². The second-order valence-corrected chi connectivity index (χ2v) is 10.8. The molecule has 0 spiro atoms. The number of para-hydroxylation sites is 2. The Balaban J connectivity index is 1.43. The fourth-order valence-corrected chi connectivity index (χ4v) is 5.19. The number of carbonyl (C=O) groups excluding carboxylic acids is 1. The Morgan fingerprint density at radius 1 is 1.03 bits per heavy atom. The molecule has 2 saturated heterocycles. The second-order valence-electron chi connectivity index (χ2n) is 10.8. The molecule has 38 heavy (non-hydrogen) atoms. The number of piperazine rings is 1. The number of halogens is 2. The molecule has 206 valence electrons. The molecule has 0 bridgehead atoms. The fraction of sp³-hybridized carbons (Fsp3) is 0.577. The van der Waals surface area contributed by atoms with Gasteiger partial charge in [-0.05, 0) is 17.5 Å². The molecular formula is C26H36F2N8O2. The Morgan fingerprint density at radius 3 is 2.11 bits per heavy atom. The normalized spacial score (nSPS) is 20.6. The van der Waals surface area contributed by atoms with E-state index in [4.69, 9.17) is 15.5 Å². The van der Waals surface area contributed by atoms with Crippen LogP contribution in [0.4, 0.5) is 31.8 Å². The second kappa shape index (κ2) is 10.6. The minimum Gasteiger partial charge on any atom is -0.378 e. The highest BCUT2D eigenvalue weighted by molar-refractivity contribution is 5.77. The van der Waals surface area contributed by atoms with E-state index in [0.29, 0.717) is 68.9 Å². The third-order valence-corrected chi connectivity index (χ3v) is 7.68. The number of carbonyl (C=O) groups is 1. The maximum Gasteiger partial charge on any atom is 0.286 e. The van der Waals surface area contributed by atoms with Gasteiger partial charge in [0.2, 0.25) is 5.66 Å². The number of ether oxygens (including phenoxy) is 1. The van der Waals surface area contributed by atoms with Gasteiger partial charge in [0, 0.05) is 51.9 Å². The van der Waals surface area contributed by atoms with Gasteiger partial charge in [0.1, 0.15) is 17.9 Å². The fourth-order valence-electron chi connectivity index (χ4n) is 5.19. The quantitative estimate of drug-likeness (QED) is 0.438. The molecule has 0 aliphatic carbocycles. The van der Waals surface area contributed by atoms with Crippen molar-refractivity contribution in [2.45, 2.75) is 32.0 Å². The van der Waals surface area contributed by atoms with Gasteiger partial charge in [-0.15, -0.1) is 0 Å². The molecule has 0 saturated carbocycles. The minimum absolute atomic E-state index is 0.00297. The molecule has 3 aliphatic heterocycles. The predicted molar refractivity (Wildman–Crippen MR) is 143 cm³/mol. The lowest BCUT2D eigenvalue weighted by molar-refractivity contribution is -0.111. The molecule has 4 N–H and O–H groups in total. The molecule has 10 nitrogen and oxygen atoms in total. The lowest BCUT2D eigenvalue weighted by atomic mass is 9.85. The van der Waals surface area contributed by atoms with E-state index < -0.39 is 18.1 Å². The van der Waals surface area contributed by atoms with Gasteiger partial charge < -0.3 is 35.7 Å². The van der Waals surface area contributed by atoms with Crippen molar-refractivity contribution in [3.05, 3.63) is 36.2 Å². The molecule has 0 amide bonds. The summed E-state index contributed by atoms with van der Waals surface area (Å²) in [6.07, 6.45) is -2.02. The van der Waals surface area contributed by atoms with E-state index in [1.54, 1.807) is 24.3 Å². The first-order chi connectivity index (χ1) is 18.2. The number of nitrogens with zero attached hydrogens (tertiary/aromatic N) is 5. The summed E-state index contributed by atoms with van der Waals surface area (Å²) < 4.78 is 35.1. The third-order valence-electron chi connectivity index (χ3n) is 7.68. The maximum absolute atomic E-state index is 14.8. The van der Waals surface area contributed by atoms with Gasteiger partial charge in [0.25, 0.3) is 6.43 Å². The van der Waals surface area contributed by atoms with Crippen LogP contribution >= 0.6 is 0 Å². The average molecular weight is 531 g/mol. The summed E-state index contributed by atoms with van der Waals surface area (Å²) in [4.78, 5) is 27.1. The van der Waals surface area contributed by atoms with Gasteiger partial charge >= 0.3 is 0 Å². The van der Waals surface area contributed by atoms with Crippen molar-refractivity contribution < 1.29 is 18.3 Å². The molecule has 1 atom stereocenters. The zero-order valence-electron chi connectivity index (χ0n) is 21.9. The number of alkyl halides is 2. The van der Waals surface area contributed by atoms with Gasteiger partial charge in [-0.1, -0.05) is 26.0 Å². The number of rotatable bonds is 8. The lowest BCUT2D eigenvalue weighted by Gasteiger charge is -2.41. The number of hydrogen-bond acceptors (Lipinski definition) is 10. The monoisotopic (exact) mass is 530 g/mol. The first-order valence-corrected chi connectivity index (χ1v) is 13.1. The molecule has 12 heteroatoms. The van der Waals surface area contributed by atoms with Crippen molar-refractivity contribution in [2.24, 2.45) is 11.1 Å². The van der Waals surface area contributed by atoms with Crippen molar-refractivity contribution in [1.29, 1.82) is 0 Å². The smallest absolute Gasteiger partial charge is 0.286 e. The number of anilines is 4. The molecule has 3 aliphatic rings. The van der Waals surface area contributed by atoms with E-state index in [2.05, 4.69) is 30.3 Å². The minimum atomic E-state index is -2.82. The summed E-state index contributed by atoms with van der Waals surface area (Å²) in [6, 6.07) is 8.47. The molecule has 4 heterocycles.